The Kier molecular flexibility index (Phi) is 3.04. The van der Waals surface area contributed by atoms with Gasteiger partial charge in [0.15, 0.2) is 0 Å². The van der Waals surface area contributed by atoms with Gasteiger partial charge >= 0.3 is 0 Å². The summed E-state index contributed by atoms with van der Waals surface area (Å²) in [7, 11) is 1.91. The van der Waals surface area contributed by atoms with E-state index in [-0.39, 0.29) is 5.91 Å². The summed E-state index contributed by atoms with van der Waals surface area (Å²) < 4.78 is 0. The number of nitrogens with one attached hydrogen (secondary N) is 1. The van der Waals surface area contributed by atoms with Crippen molar-refractivity contribution in [1.82, 2.24) is 15.2 Å². The number of hydrogen-bond acceptors (Lipinski definition) is 3. The number of fused-ring (bicyclic) bond motifs is 2. The van der Waals surface area contributed by atoms with Crippen LogP contribution in [0.15, 0.2) is 24.4 Å². The largest absolute Gasteiger partial charge is 0.337 e. The van der Waals surface area contributed by atoms with E-state index in [1.807, 2.05) is 24.1 Å². The second-order valence-electron chi connectivity index (χ2n) is 5.39. The predicted molar refractivity (Wildman–Crippen MR) is 69.3 cm³/mol. The van der Waals surface area contributed by atoms with Crippen LogP contribution in [-0.4, -0.2) is 41.0 Å². The van der Waals surface area contributed by atoms with Gasteiger partial charge in [0.05, 0.1) is 0 Å². The third kappa shape index (κ3) is 2.12. The molecule has 3 rings (SSSR count). The third-order valence-electron chi connectivity index (χ3n) is 4.20. The van der Waals surface area contributed by atoms with Gasteiger partial charge in [0.2, 0.25) is 0 Å². The lowest BCUT2D eigenvalue weighted by Gasteiger charge is -2.35. The van der Waals surface area contributed by atoms with Crippen molar-refractivity contribution in [1.29, 1.82) is 0 Å². The summed E-state index contributed by atoms with van der Waals surface area (Å²) in [5, 5.41) is 3.60. The topological polar surface area (TPSA) is 45.2 Å². The van der Waals surface area contributed by atoms with Crippen LogP contribution in [0.2, 0.25) is 0 Å². The number of carbonyl (C=O) groups is 1. The second-order valence-corrected chi connectivity index (χ2v) is 5.39. The van der Waals surface area contributed by atoms with Crippen LogP contribution in [0.25, 0.3) is 0 Å². The quantitative estimate of drug-likeness (QED) is 0.857. The molecule has 1 aromatic heterocycles. The van der Waals surface area contributed by atoms with Crippen LogP contribution in [-0.2, 0) is 0 Å². The molecule has 4 nitrogen and oxygen atoms in total. The highest BCUT2D eigenvalue weighted by Gasteiger charge is 2.36. The Morgan fingerprint density at radius 1 is 1.33 bits per heavy atom. The van der Waals surface area contributed by atoms with Crippen molar-refractivity contribution >= 4 is 5.91 Å². The van der Waals surface area contributed by atoms with Crippen molar-refractivity contribution in [3.05, 3.63) is 30.1 Å². The van der Waals surface area contributed by atoms with Crippen LogP contribution in [0.5, 0.6) is 0 Å². The molecule has 2 atom stereocenters. The minimum absolute atomic E-state index is 0.0434. The molecule has 3 heterocycles. The summed E-state index contributed by atoms with van der Waals surface area (Å²) in [5.41, 5.74) is 0.547. The number of piperidine rings is 1. The summed E-state index contributed by atoms with van der Waals surface area (Å²) in [6.45, 7) is 0. The Balaban J connectivity index is 1.71. The highest BCUT2D eigenvalue weighted by atomic mass is 16.2. The van der Waals surface area contributed by atoms with Crippen LogP contribution in [0.4, 0.5) is 0 Å². The first-order valence-electron chi connectivity index (χ1n) is 6.68. The number of aromatic nitrogens is 1. The number of pyridine rings is 1. The Hall–Kier alpha value is -1.42. The maximum absolute atomic E-state index is 12.3. The second kappa shape index (κ2) is 4.69. The van der Waals surface area contributed by atoms with E-state index in [9.17, 15) is 4.79 Å². The van der Waals surface area contributed by atoms with Gasteiger partial charge in [0, 0.05) is 31.4 Å². The number of amides is 1. The number of nitrogens with zero attached hydrogens (tertiary/aromatic N) is 2. The Morgan fingerprint density at radius 3 is 2.67 bits per heavy atom. The lowest BCUT2D eigenvalue weighted by Crippen LogP contribution is -2.48. The summed E-state index contributed by atoms with van der Waals surface area (Å²) in [6, 6.07) is 7.05. The zero-order valence-corrected chi connectivity index (χ0v) is 10.7. The summed E-state index contributed by atoms with van der Waals surface area (Å²) in [5.74, 6) is 0.0434. The van der Waals surface area contributed by atoms with Crippen LogP contribution < -0.4 is 5.32 Å². The molecule has 2 saturated heterocycles. The predicted octanol–water partition coefficient (Wildman–Crippen LogP) is 1.44. The van der Waals surface area contributed by atoms with Crippen molar-refractivity contribution in [2.75, 3.05) is 7.05 Å². The van der Waals surface area contributed by atoms with Gasteiger partial charge in [-0.05, 0) is 37.8 Å². The van der Waals surface area contributed by atoms with E-state index in [0.717, 1.165) is 12.8 Å². The lowest BCUT2D eigenvalue weighted by atomic mass is 9.98. The van der Waals surface area contributed by atoms with Crippen LogP contribution >= 0.6 is 0 Å². The fraction of sp³-hybridized carbons (Fsp3) is 0.571. The Bertz CT molecular complexity index is 422. The zero-order chi connectivity index (χ0) is 12.5. The van der Waals surface area contributed by atoms with Crippen molar-refractivity contribution in [3.8, 4) is 0 Å². The molecule has 2 bridgehead atoms. The summed E-state index contributed by atoms with van der Waals surface area (Å²) in [6.07, 6.45) is 6.34. The monoisotopic (exact) mass is 245 g/mol. The maximum Gasteiger partial charge on any atom is 0.272 e. The first kappa shape index (κ1) is 11.7. The molecular weight excluding hydrogens is 226 g/mol. The highest BCUT2D eigenvalue weighted by molar-refractivity contribution is 5.92. The Morgan fingerprint density at radius 2 is 2.06 bits per heavy atom. The minimum atomic E-state index is 0.0434. The highest BCUT2D eigenvalue weighted by Crippen LogP contribution is 2.29. The van der Waals surface area contributed by atoms with Gasteiger partial charge in [-0.1, -0.05) is 6.07 Å². The molecule has 2 aliphatic rings. The van der Waals surface area contributed by atoms with Crippen molar-refractivity contribution < 1.29 is 4.79 Å². The normalized spacial score (nSPS) is 30.2. The first-order chi connectivity index (χ1) is 8.74. The molecule has 18 heavy (non-hydrogen) atoms. The third-order valence-corrected chi connectivity index (χ3v) is 4.20. The molecule has 2 aliphatic heterocycles. The molecule has 96 valence electrons. The van der Waals surface area contributed by atoms with Gasteiger partial charge in [-0.15, -0.1) is 0 Å². The zero-order valence-electron chi connectivity index (χ0n) is 10.7. The molecule has 1 amide bonds. The molecule has 0 spiro atoms. The molecule has 0 aromatic carbocycles. The molecular formula is C14H19N3O. The Labute approximate surface area is 107 Å². The van der Waals surface area contributed by atoms with Gasteiger partial charge in [-0.3, -0.25) is 9.78 Å². The average molecular weight is 245 g/mol. The van der Waals surface area contributed by atoms with Gasteiger partial charge in [-0.2, -0.15) is 0 Å². The number of rotatable bonds is 2. The lowest BCUT2D eigenvalue weighted by molar-refractivity contribution is 0.0676. The first-order valence-corrected chi connectivity index (χ1v) is 6.68. The maximum atomic E-state index is 12.3. The van der Waals surface area contributed by atoms with Crippen LogP contribution in [0.3, 0.4) is 0 Å². The van der Waals surface area contributed by atoms with E-state index in [2.05, 4.69) is 10.3 Å². The molecule has 1 aromatic rings. The van der Waals surface area contributed by atoms with Gasteiger partial charge < -0.3 is 10.2 Å². The van der Waals surface area contributed by atoms with E-state index in [0.29, 0.717) is 23.8 Å². The molecule has 2 unspecified atom stereocenters. The molecule has 2 fully saturated rings. The van der Waals surface area contributed by atoms with Gasteiger partial charge in [0.25, 0.3) is 5.91 Å². The smallest absolute Gasteiger partial charge is 0.272 e. The average Bonchev–Trinajstić information content (AvgIpc) is 2.77. The van der Waals surface area contributed by atoms with E-state index in [4.69, 9.17) is 0 Å². The van der Waals surface area contributed by atoms with Crippen molar-refractivity contribution in [2.45, 2.75) is 43.8 Å². The number of carbonyl (C=O) groups excluding carboxylic acids is 1. The van der Waals surface area contributed by atoms with E-state index in [1.165, 1.54) is 12.8 Å². The van der Waals surface area contributed by atoms with Crippen LogP contribution in [0.1, 0.15) is 36.2 Å². The fourth-order valence-electron chi connectivity index (χ4n) is 3.18. The molecule has 0 aliphatic carbocycles. The van der Waals surface area contributed by atoms with Crippen LogP contribution in [0, 0.1) is 0 Å². The van der Waals surface area contributed by atoms with Crippen molar-refractivity contribution in [3.63, 3.8) is 0 Å². The summed E-state index contributed by atoms with van der Waals surface area (Å²) in [4.78, 5) is 18.3. The molecule has 0 saturated carbocycles. The van der Waals surface area contributed by atoms with Gasteiger partial charge in [-0.25, -0.2) is 0 Å². The van der Waals surface area contributed by atoms with Gasteiger partial charge in [0.1, 0.15) is 5.69 Å². The minimum Gasteiger partial charge on any atom is -0.337 e. The molecule has 1 N–H and O–H groups in total. The number of hydrogen-bond donors (Lipinski definition) is 1. The standard InChI is InChI=1S/C14H19N3O/c1-17(14(18)13-4-2-3-7-15-13)12-8-10-5-6-11(9-12)16-10/h2-4,7,10-12,16H,5-6,8-9H2,1H3. The van der Waals surface area contributed by atoms with Crippen molar-refractivity contribution in [2.24, 2.45) is 0 Å². The fourth-order valence-corrected chi connectivity index (χ4v) is 3.18. The molecule has 4 heteroatoms. The SMILES string of the molecule is CN(C(=O)c1ccccn1)C1CC2CCC(C1)N2. The summed E-state index contributed by atoms with van der Waals surface area (Å²) >= 11 is 0. The van der Waals surface area contributed by atoms with E-state index < -0.39 is 0 Å². The van der Waals surface area contributed by atoms with E-state index >= 15 is 0 Å². The van der Waals surface area contributed by atoms with E-state index in [1.54, 1.807) is 12.3 Å². The molecule has 0 radical (unpaired) electrons.